The molecule has 0 heterocycles. The average molecular weight is 475 g/mol. The van der Waals surface area contributed by atoms with E-state index in [9.17, 15) is 19.5 Å². The molecule has 0 saturated heterocycles. The van der Waals surface area contributed by atoms with Crippen LogP contribution in [0.25, 0.3) is 0 Å². The van der Waals surface area contributed by atoms with Crippen LogP contribution in [0.15, 0.2) is 0 Å². The van der Waals surface area contributed by atoms with Crippen LogP contribution in [-0.4, -0.2) is 35.4 Å². The molecule has 34 heavy (non-hydrogen) atoms. The number of aliphatic hydroxyl groups is 1. The van der Waals surface area contributed by atoms with E-state index in [1.165, 1.54) is 39.5 Å². The fraction of sp³-hybridized carbons (Fsp3) is 0.897. The first-order valence-corrected chi connectivity index (χ1v) is 13.6. The van der Waals surface area contributed by atoms with Crippen LogP contribution in [0.2, 0.25) is 0 Å². The zero-order valence-electron chi connectivity index (χ0n) is 22.4. The van der Waals surface area contributed by atoms with Gasteiger partial charge in [-0.2, -0.15) is 0 Å². The van der Waals surface area contributed by atoms with Crippen molar-refractivity contribution in [1.29, 1.82) is 0 Å². The highest BCUT2D eigenvalue weighted by Crippen LogP contribution is 2.74. The zero-order chi connectivity index (χ0) is 25.3. The normalized spacial score (nSPS) is 52.5. The van der Waals surface area contributed by atoms with Crippen molar-refractivity contribution in [1.82, 2.24) is 0 Å². The lowest BCUT2D eigenvalue weighted by Crippen LogP contribution is -2.69. The van der Waals surface area contributed by atoms with Crippen LogP contribution in [0.3, 0.4) is 0 Å². The quantitative estimate of drug-likeness (QED) is 0.438. The van der Waals surface area contributed by atoms with Crippen molar-refractivity contribution in [2.45, 2.75) is 112 Å². The Hall–Kier alpha value is -1.23. The minimum absolute atomic E-state index is 0.0106. The number of hydrogen-bond acceptors (Lipinski definition) is 5. The van der Waals surface area contributed by atoms with Gasteiger partial charge in [-0.3, -0.25) is 9.59 Å². The second kappa shape index (κ2) is 8.42. The molecular weight excluding hydrogens is 428 g/mol. The van der Waals surface area contributed by atoms with E-state index in [2.05, 4.69) is 34.6 Å². The largest absolute Gasteiger partial charge is 0.462 e. The molecule has 4 saturated carbocycles. The topological polar surface area (TPSA) is 80.7 Å². The van der Waals surface area contributed by atoms with E-state index >= 15 is 0 Å². The summed E-state index contributed by atoms with van der Waals surface area (Å²) < 4.78 is 6.07. The Bertz CT molecular complexity index is 853. The van der Waals surface area contributed by atoms with Crippen LogP contribution in [0.5, 0.6) is 0 Å². The fourth-order valence-electron chi connectivity index (χ4n) is 10.4. The molecule has 192 valence electrons. The van der Waals surface area contributed by atoms with E-state index in [1.54, 1.807) is 0 Å². The summed E-state index contributed by atoms with van der Waals surface area (Å²) in [6.07, 6.45) is 7.91. The first-order chi connectivity index (χ1) is 15.8. The lowest BCUT2D eigenvalue weighted by Gasteiger charge is -2.71. The van der Waals surface area contributed by atoms with Crippen molar-refractivity contribution < 1.29 is 24.2 Å². The number of esters is 1. The number of rotatable bonds is 4. The molecule has 4 aliphatic rings. The van der Waals surface area contributed by atoms with Gasteiger partial charge in [0.05, 0.1) is 12.0 Å². The van der Waals surface area contributed by atoms with Crippen LogP contribution in [0.4, 0.5) is 0 Å². The van der Waals surface area contributed by atoms with Crippen LogP contribution in [0, 0.1) is 51.2 Å². The third-order valence-corrected chi connectivity index (χ3v) is 12.1. The highest BCUT2D eigenvalue weighted by atomic mass is 16.5. The van der Waals surface area contributed by atoms with E-state index in [1.807, 2.05) is 0 Å². The van der Waals surface area contributed by atoms with E-state index < -0.39 is 29.5 Å². The summed E-state index contributed by atoms with van der Waals surface area (Å²) in [5.74, 6) is -0.889. The van der Waals surface area contributed by atoms with Crippen molar-refractivity contribution in [3.05, 3.63) is 0 Å². The van der Waals surface area contributed by atoms with Gasteiger partial charge in [-0.1, -0.05) is 47.5 Å². The van der Waals surface area contributed by atoms with E-state index in [0.717, 1.165) is 25.5 Å². The minimum Gasteiger partial charge on any atom is -0.462 e. The highest BCUT2D eigenvalue weighted by molar-refractivity contribution is 5.83. The van der Waals surface area contributed by atoms with E-state index in [-0.39, 0.29) is 28.5 Å². The van der Waals surface area contributed by atoms with Crippen molar-refractivity contribution in [2.75, 3.05) is 0 Å². The molecule has 0 aliphatic heterocycles. The Morgan fingerprint density at radius 2 is 1.62 bits per heavy atom. The lowest BCUT2D eigenvalue weighted by molar-refractivity contribution is -0.262. The Morgan fingerprint density at radius 1 is 0.971 bits per heavy atom. The number of Topliss-reactive ketones (excluding diaryl/α,β-unsaturated/α-hetero) is 1. The number of carbonyl (C=O) groups excluding carboxylic acids is 3. The summed E-state index contributed by atoms with van der Waals surface area (Å²) >= 11 is 0. The Balaban J connectivity index is 1.86. The van der Waals surface area contributed by atoms with Gasteiger partial charge in [0.15, 0.2) is 0 Å². The number of ketones is 1. The van der Waals surface area contributed by atoms with Crippen LogP contribution in [0.1, 0.15) is 99.8 Å². The summed E-state index contributed by atoms with van der Waals surface area (Å²) in [4.78, 5) is 37.5. The van der Waals surface area contributed by atoms with Gasteiger partial charge >= 0.3 is 5.97 Å². The molecule has 0 aromatic heterocycles. The zero-order valence-corrected chi connectivity index (χ0v) is 22.4. The van der Waals surface area contributed by atoms with E-state index in [0.29, 0.717) is 23.7 Å². The van der Waals surface area contributed by atoms with Crippen molar-refractivity contribution in [3.63, 3.8) is 0 Å². The third kappa shape index (κ3) is 3.38. The monoisotopic (exact) mass is 474 g/mol. The number of ether oxygens (including phenoxy) is 1. The second-order valence-corrected chi connectivity index (χ2v) is 13.4. The molecule has 0 amide bonds. The molecule has 0 radical (unpaired) electrons. The first-order valence-electron chi connectivity index (χ1n) is 13.6. The Morgan fingerprint density at radius 3 is 2.18 bits per heavy atom. The van der Waals surface area contributed by atoms with Crippen LogP contribution in [-0.2, 0) is 19.1 Å². The molecule has 4 aliphatic carbocycles. The summed E-state index contributed by atoms with van der Waals surface area (Å²) in [5, 5.41) is 11.2. The maximum Gasteiger partial charge on any atom is 0.302 e. The number of carbonyl (C=O) groups is 3. The minimum atomic E-state index is -0.836. The standard InChI is InChI=1S/C29H46O5/c1-8-26(4)11-9-12-27(5)21(26)10-13-28(6)22(27)15-24(34-18(3)32)29(7)19(16-30)25(17(2)31)20(33)14-23(28)29/h16,19-25,33H,8-15H2,1-7H3/t19-,20-,21?,22?,23?,24-,25-,26-,27-,28+,29+/m0/s1. The smallest absolute Gasteiger partial charge is 0.302 e. The maximum absolute atomic E-state index is 12.6. The van der Waals surface area contributed by atoms with Gasteiger partial charge in [-0.05, 0) is 79.4 Å². The van der Waals surface area contributed by atoms with Crippen molar-refractivity contribution >= 4 is 18.0 Å². The van der Waals surface area contributed by atoms with Gasteiger partial charge in [-0.15, -0.1) is 0 Å². The SMILES string of the molecule is CC[C@@]1(C)CCC[C@@]2(C)C1CC[C@]1(C)C2C[C@H](OC(C)=O)[C@@]2(C)C1C[C@H](O)[C@@H](C(C)=O)[C@@H]2C=O. The van der Waals surface area contributed by atoms with Gasteiger partial charge in [0, 0.05) is 18.3 Å². The van der Waals surface area contributed by atoms with Crippen molar-refractivity contribution in [3.8, 4) is 0 Å². The summed E-state index contributed by atoms with van der Waals surface area (Å²) in [6.45, 7) is 14.6. The molecule has 11 atom stereocenters. The molecule has 0 aromatic carbocycles. The molecule has 5 heteroatoms. The van der Waals surface area contributed by atoms with Crippen LogP contribution < -0.4 is 0 Å². The predicted octanol–water partition coefficient (Wildman–Crippen LogP) is 5.37. The maximum atomic E-state index is 12.6. The van der Waals surface area contributed by atoms with Gasteiger partial charge in [0.25, 0.3) is 0 Å². The molecule has 0 aromatic rings. The molecule has 5 nitrogen and oxygen atoms in total. The number of aldehydes is 1. The molecular formula is C29H46O5. The summed E-state index contributed by atoms with van der Waals surface area (Å²) in [7, 11) is 0. The van der Waals surface area contributed by atoms with Crippen molar-refractivity contribution in [2.24, 2.45) is 51.2 Å². The third-order valence-electron chi connectivity index (χ3n) is 12.1. The fourth-order valence-corrected chi connectivity index (χ4v) is 10.4. The molecule has 3 unspecified atom stereocenters. The van der Waals surface area contributed by atoms with Gasteiger partial charge in [0.2, 0.25) is 0 Å². The number of hydrogen-bond donors (Lipinski definition) is 1. The predicted molar refractivity (Wildman–Crippen MR) is 131 cm³/mol. The molecule has 0 spiro atoms. The Kier molecular flexibility index (Phi) is 6.40. The molecule has 4 fully saturated rings. The molecule has 1 N–H and O–H groups in total. The van der Waals surface area contributed by atoms with E-state index in [4.69, 9.17) is 4.74 Å². The number of fused-ring (bicyclic) bond motifs is 5. The number of aliphatic hydroxyl groups excluding tert-OH is 1. The molecule has 0 bridgehead atoms. The van der Waals surface area contributed by atoms with Crippen LogP contribution >= 0.6 is 0 Å². The first kappa shape index (κ1) is 25.9. The van der Waals surface area contributed by atoms with Gasteiger partial charge in [-0.25, -0.2) is 0 Å². The molecule has 4 rings (SSSR count). The van der Waals surface area contributed by atoms with Gasteiger partial charge in [0.1, 0.15) is 18.2 Å². The second-order valence-electron chi connectivity index (χ2n) is 13.4. The average Bonchev–Trinajstić information content (AvgIpc) is 2.75. The van der Waals surface area contributed by atoms with Gasteiger partial charge < -0.3 is 14.6 Å². The summed E-state index contributed by atoms with van der Waals surface area (Å²) in [6, 6.07) is 0. The lowest BCUT2D eigenvalue weighted by atomic mass is 9.33. The summed E-state index contributed by atoms with van der Waals surface area (Å²) in [5.41, 5.74) is -0.287. The Labute approximate surface area is 205 Å². The highest BCUT2D eigenvalue weighted by Gasteiger charge is 2.71.